The number of para-hydroxylation sites is 1. The van der Waals surface area contributed by atoms with Gasteiger partial charge in [0.15, 0.2) is 0 Å². The first kappa shape index (κ1) is 11.4. The van der Waals surface area contributed by atoms with Crippen molar-refractivity contribution in [2.75, 3.05) is 5.73 Å². The molecule has 0 radical (unpaired) electrons. The Morgan fingerprint density at radius 2 is 1.82 bits per heavy atom. The lowest BCUT2D eigenvalue weighted by atomic mass is 10.1. The topological polar surface area (TPSA) is 61.0 Å². The van der Waals surface area contributed by atoms with Gasteiger partial charge in [0, 0.05) is 18.0 Å². The number of ether oxygens (including phenoxy) is 1. The molecule has 88 valence electrons. The summed E-state index contributed by atoms with van der Waals surface area (Å²) < 4.78 is 5.73. The summed E-state index contributed by atoms with van der Waals surface area (Å²) in [5.74, 6) is 1.18. The summed E-state index contributed by atoms with van der Waals surface area (Å²) in [7, 11) is 0. The second-order valence-electron chi connectivity index (χ2n) is 3.95. The number of hydrogen-bond donors (Lipinski definition) is 1. The maximum atomic E-state index is 5.82. The van der Waals surface area contributed by atoms with Crippen LogP contribution in [0.2, 0.25) is 0 Å². The number of benzene rings is 1. The van der Waals surface area contributed by atoms with Crippen LogP contribution in [0.1, 0.15) is 13.8 Å². The fourth-order valence-corrected chi connectivity index (χ4v) is 1.58. The number of nitrogens with two attached hydrogens (primary N) is 1. The largest absolute Gasteiger partial charge is 0.490 e. The summed E-state index contributed by atoms with van der Waals surface area (Å²) in [6, 6.07) is 7.69. The van der Waals surface area contributed by atoms with Gasteiger partial charge in [-0.25, -0.2) is 4.98 Å². The minimum Gasteiger partial charge on any atom is -0.490 e. The standard InChI is InChI=1S/C13H15N3O/c1-9(2)17-11-6-4-3-5-10(11)12-13(14)16-8-7-15-12/h3-9H,1-2H3,(H2,14,16). The summed E-state index contributed by atoms with van der Waals surface area (Å²) in [6.45, 7) is 3.97. The molecule has 1 aromatic carbocycles. The van der Waals surface area contributed by atoms with Gasteiger partial charge in [0.1, 0.15) is 17.3 Å². The zero-order valence-corrected chi connectivity index (χ0v) is 9.92. The van der Waals surface area contributed by atoms with Crippen LogP contribution >= 0.6 is 0 Å². The van der Waals surface area contributed by atoms with E-state index >= 15 is 0 Å². The third-order valence-corrected chi connectivity index (χ3v) is 2.23. The minimum absolute atomic E-state index is 0.106. The zero-order valence-electron chi connectivity index (χ0n) is 9.92. The number of nitrogens with zero attached hydrogens (tertiary/aromatic N) is 2. The van der Waals surface area contributed by atoms with E-state index in [1.54, 1.807) is 12.4 Å². The van der Waals surface area contributed by atoms with Gasteiger partial charge in [0.05, 0.1) is 6.10 Å². The molecule has 0 saturated carbocycles. The van der Waals surface area contributed by atoms with Crippen LogP contribution in [0.4, 0.5) is 5.82 Å². The molecule has 0 amide bonds. The zero-order chi connectivity index (χ0) is 12.3. The molecule has 0 aliphatic carbocycles. The molecule has 0 saturated heterocycles. The Morgan fingerprint density at radius 1 is 1.12 bits per heavy atom. The normalized spacial score (nSPS) is 10.5. The van der Waals surface area contributed by atoms with Gasteiger partial charge in [-0.1, -0.05) is 12.1 Å². The summed E-state index contributed by atoms with van der Waals surface area (Å²) in [5, 5.41) is 0. The van der Waals surface area contributed by atoms with Crippen molar-refractivity contribution < 1.29 is 4.74 Å². The van der Waals surface area contributed by atoms with Gasteiger partial charge in [0.25, 0.3) is 0 Å². The fourth-order valence-electron chi connectivity index (χ4n) is 1.58. The molecule has 1 aromatic heterocycles. The third kappa shape index (κ3) is 2.53. The van der Waals surface area contributed by atoms with Crippen molar-refractivity contribution in [2.24, 2.45) is 0 Å². The van der Waals surface area contributed by atoms with Crippen molar-refractivity contribution in [3.63, 3.8) is 0 Å². The van der Waals surface area contributed by atoms with Gasteiger partial charge in [-0.3, -0.25) is 4.98 Å². The molecule has 0 aliphatic rings. The molecule has 4 nitrogen and oxygen atoms in total. The van der Waals surface area contributed by atoms with Crippen molar-refractivity contribution in [2.45, 2.75) is 20.0 Å². The average Bonchev–Trinajstić information content (AvgIpc) is 2.30. The molecule has 0 spiro atoms. The lowest BCUT2D eigenvalue weighted by Gasteiger charge is -2.14. The molecule has 17 heavy (non-hydrogen) atoms. The lowest BCUT2D eigenvalue weighted by Crippen LogP contribution is -2.07. The highest BCUT2D eigenvalue weighted by atomic mass is 16.5. The second kappa shape index (κ2) is 4.82. The average molecular weight is 229 g/mol. The molecule has 0 fully saturated rings. The van der Waals surface area contributed by atoms with Crippen molar-refractivity contribution in [1.29, 1.82) is 0 Å². The highest BCUT2D eigenvalue weighted by molar-refractivity contribution is 5.74. The predicted molar refractivity (Wildman–Crippen MR) is 67.6 cm³/mol. The van der Waals surface area contributed by atoms with Crippen LogP contribution in [0.15, 0.2) is 36.7 Å². The molecule has 0 unspecified atom stereocenters. The maximum Gasteiger partial charge on any atom is 0.150 e. The Balaban J connectivity index is 2.48. The van der Waals surface area contributed by atoms with Gasteiger partial charge in [-0.05, 0) is 26.0 Å². The highest BCUT2D eigenvalue weighted by Crippen LogP contribution is 2.31. The van der Waals surface area contributed by atoms with Crippen LogP contribution in [0.5, 0.6) is 5.75 Å². The summed E-state index contributed by atoms with van der Waals surface area (Å²) in [4.78, 5) is 8.28. The Bertz CT molecular complexity index is 512. The second-order valence-corrected chi connectivity index (χ2v) is 3.95. The van der Waals surface area contributed by atoms with Crippen LogP contribution < -0.4 is 10.5 Å². The number of rotatable bonds is 3. The van der Waals surface area contributed by atoms with E-state index in [-0.39, 0.29) is 6.10 Å². The summed E-state index contributed by atoms with van der Waals surface area (Å²) in [6.07, 6.45) is 3.30. The first-order valence-corrected chi connectivity index (χ1v) is 5.51. The molecule has 0 bridgehead atoms. The van der Waals surface area contributed by atoms with E-state index < -0.39 is 0 Å². The van der Waals surface area contributed by atoms with Gasteiger partial charge in [0.2, 0.25) is 0 Å². The number of nitrogen functional groups attached to an aromatic ring is 1. The van der Waals surface area contributed by atoms with Gasteiger partial charge >= 0.3 is 0 Å². The SMILES string of the molecule is CC(C)Oc1ccccc1-c1nccnc1N. The van der Waals surface area contributed by atoms with Gasteiger partial charge in [-0.2, -0.15) is 0 Å². The van der Waals surface area contributed by atoms with Crippen LogP contribution in [0, 0.1) is 0 Å². The quantitative estimate of drug-likeness (QED) is 0.878. The smallest absolute Gasteiger partial charge is 0.150 e. The summed E-state index contributed by atoms with van der Waals surface area (Å²) >= 11 is 0. The molecule has 2 aromatic rings. The van der Waals surface area contributed by atoms with Gasteiger partial charge in [-0.15, -0.1) is 0 Å². The van der Waals surface area contributed by atoms with E-state index in [4.69, 9.17) is 10.5 Å². The number of anilines is 1. The van der Waals surface area contributed by atoms with Gasteiger partial charge < -0.3 is 10.5 Å². The molecule has 1 heterocycles. The van der Waals surface area contributed by atoms with E-state index in [0.29, 0.717) is 11.5 Å². The van der Waals surface area contributed by atoms with Crippen LogP contribution in [-0.4, -0.2) is 16.1 Å². The van der Waals surface area contributed by atoms with Crippen LogP contribution in [0.3, 0.4) is 0 Å². The molecular weight excluding hydrogens is 214 g/mol. The molecule has 2 N–H and O–H groups in total. The number of hydrogen-bond acceptors (Lipinski definition) is 4. The molecule has 4 heteroatoms. The fraction of sp³-hybridized carbons (Fsp3) is 0.231. The highest BCUT2D eigenvalue weighted by Gasteiger charge is 2.11. The van der Waals surface area contributed by atoms with Crippen molar-refractivity contribution >= 4 is 5.82 Å². The number of aromatic nitrogens is 2. The molecule has 0 aliphatic heterocycles. The van der Waals surface area contributed by atoms with E-state index in [2.05, 4.69) is 9.97 Å². The Kier molecular flexibility index (Phi) is 3.23. The Morgan fingerprint density at radius 3 is 2.53 bits per heavy atom. The van der Waals surface area contributed by atoms with Crippen molar-refractivity contribution in [3.8, 4) is 17.0 Å². The molecule has 2 rings (SSSR count). The molecular formula is C13H15N3O. The predicted octanol–water partition coefficient (Wildman–Crippen LogP) is 2.51. The monoisotopic (exact) mass is 229 g/mol. The van der Waals surface area contributed by atoms with Crippen LogP contribution in [0.25, 0.3) is 11.3 Å². The van der Waals surface area contributed by atoms with E-state index in [9.17, 15) is 0 Å². The maximum absolute atomic E-state index is 5.82. The first-order valence-electron chi connectivity index (χ1n) is 5.51. The van der Waals surface area contributed by atoms with E-state index in [1.165, 1.54) is 0 Å². The Hall–Kier alpha value is -2.10. The lowest BCUT2D eigenvalue weighted by molar-refractivity contribution is 0.243. The van der Waals surface area contributed by atoms with Crippen molar-refractivity contribution in [3.05, 3.63) is 36.7 Å². The van der Waals surface area contributed by atoms with E-state index in [0.717, 1.165) is 11.3 Å². The third-order valence-electron chi connectivity index (χ3n) is 2.23. The van der Waals surface area contributed by atoms with Crippen LogP contribution in [-0.2, 0) is 0 Å². The first-order chi connectivity index (χ1) is 8.18. The molecule has 0 atom stereocenters. The Labute approximate surface area is 100 Å². The minimum atomic E-state index is 0.106. The summed E-state index contributed by atoms with van der Waals surface area (Å²) in [5.41, 5.74) is 7.35. The van der Waals surface area contributed by atoms with Crippen molar-refractivity contribution in [1.82, 2.24) is 9.97 Å². The van der Waals surface area contributed by atoms with E-state index in [1.807, 2.05) is 38.1 Å².